The molecule has 0 fully saturated rings. The van der Waals surface area contributed by atoms with Gasteiger partial charge in [-0.15, -0.1) is 0 Å². The van der Waals surface area contributed by atoms with Gasteiger partial charge in [0, 0.05) is 21.6 Å². The van der Waals surface area contributed by atoms with E-state index in [1.54, 1.807) is 0 Å². The van der Waals surface area contributed by atoms with E-state index >= 15 is 0 Å². The lowest BCUT2D eigenvalue weighted by molar-refractivity contribution is 0.301. The molecule has 6 heteroatoms. The molecule has 3 aromatic carbocycles. The first-order valence-electron chi connectivity index (χ1n) is 7.86. The van der Waals surface area contributed by atoms with Crippen LogP contribution in [0.5, 0.6) is 5.75 Å². The van der Waals surface area contributed by atoms with Crippen molar-refractivity contribution in [2.45, 2.75) is 13.2 Å². The number of halogens is 4. The van der Waals surface area contributed by atoms with E-state index in [-0.39, 0.29) is 0 Å². The number of rotatable bonds is 6. The van der Waals surface area contributed by atoms with E-state index < -0.39 is 0 Å². The van der Waals surface area contributed by atoms with Crippen LogP contribution in [0.2, 0.25) is 10.0 Å². The molecule has 0 saturated heterocycles. The molecule has 0 aliphatic carbocycles. The van der Waals surface area contributed by atoms with Crippen LogP contribution in [-0.2, 0) is 13.2 Å². The van der Waals surface area contributed by atoms with E-state index in [9.17, 15) is 0 Å². The van der Waals surface area contributed by atoms with Crippen LogP contribution in [0.1, 0.15) is 11.1 Å². The Bertz CT molecular complexity index is 918. The molecule has 0 atom stereocenters. The van der Waals surface area contributed by atoms with Crippen LogP contribution in [0.4, 0.5) is 5.69 Å². The molecule has 0 bridgehead atoms. The van der Waals surface area contributed by atoms with Gasteiger partial charge < -0.3 is 10.1 Å². The lowest BCUT2D eigenvalue weighted by Gasteiger charge is -2.16. The third kappa shape index (κ3) is 5.17. The van der Waals surface area contributed by atoms with Crippen molar-refractivity contribution in [3.05, 3.63) is 90.8 Å². The summed E-state index contributed by atoms with van der Waals surface area (Å²) in [6.45, 7) is 1.01. The van der Waals surface area contributed by atoms with Crippen molar-refractivity contribution < 1.29 is 4.74 Å². The Morgan fingerprint density at radius 3 is 2.50 bits per heavy atom. The predicted octanol–water partition coefficient (Wildman–Crippen LogP) is 7.71. The smallest absolute Gasteiger partial charge is 0.139 e. The summed E-state index contributed by atoms with van der Waals surface area (Å²) < 4.78 is 7.93. The zero-order chi connectivity index (χ0) is 18.5. The van der Waals surface area contributed by atoms with Gasteiger partial charge in [0.05, 0.1) is 15.2 Å². The van der Waals surface area contributed by atoms with E-state index in [1.807, 2.05) is 60.7 Å². The van der Waals surface area contributed by atoms with E-state index in [2.05, 4.69) is 37.2 Å². The lowest BCUT2D eigenvalue weighted by atomic mass is 10.2. The van der Waals surface area contributed by atoms with Crippen LogP contribution in [0.3, 0.4) is 0 Å². The lowest BCUT2D eigenvalue weighted by Crippen LogP contribution is -2.05. The van der Waals surface area contributed by atoms with Crippen molar-refractivity contribution in [2.75, 3.05) is 5.32 Å². The minimum Gasteiger partial charge on any atom is -0.487 e. The third-order valence-electron chi connectivity index (χ3n) is 3.70. The number of benzene rings is 3. The maximum absolute atomic E-state index is 6.22. The van der Waals surface area contributed by atoms with E-state index in [4.69, 9.17) is 27.9 Å². The molecule has 0 spiro atoms. The predicted molar refractivity (Wildman–Crippen MR) is 116 cm³/mol. The minimum absolute atomic E-state index is 0.430. The highest BCUT2D eigenvalue weighted by Crippen LogP contribution is 2.34. The first-order valence-corrected chi connectivity index (χ1v) is 10.2. The quantitative estimate of drug-likeness (QED) is 0.363. The van der Waals surface area contributed by atoms with Gasteiger partial charge in [-0.2, -0.15) is 0 Å². The van der Waals surface area contributed by atoms with Crippen molar-refractivity contribution in [2.24, 2.45) is 0 Å². The number of nitrogens with one attached hydrogen (secondary N) is 1. The van der Waals surface area contributed by atoms with E-state index in [1.165, 1.54) is 0 Å². The van der Waals surface area contributed by atoms with Gasteiger partial charge in [-0.05, 0) is 57.9 Å². The Morgan fingerprint density at radius 1 is 0.923 bits per heavy atom. The monoisotopic (exact) mass is 513 g/mol. The zero-order valence-corrected chi connectivity index (χ0v) is 18.3. The average molecular weight is 516 g/mol. The number of para-hydroxylation sites is 1. The fraction of sp³-hybridized carbons (Fsp3) is 0.100. The second-order valence-corrected chi connectivity index (χ2v) is 8.24. The van der Waals surface area contributed by atoms with E-state index in [0.29, 0.717) is 23.2 Å². The third-order valence-corrected chi connectivity index (χ3v) is 5.31. The standard InChI is InChI=1S/C20H15Br2Cl2NO/c21-15-9-14(11-25-19-7-2-1-6-18(19)24)20(17(22)10-15)26-12-13-4-3-5-16(23)8-13/h1-10,25H,11-12H2. The maximum atomic E-state index is 6.22. The molecule has 0 amide bonds. The van der Waals surface area contributed by atoms with Crippen LogP contribution >= 0.6 is 55.1 Å². The Labute approximate surface area is 179 Å². The number of hydrogen-bond acceptors (Lipinski definition) is 2. The molecule has 0 saturated carbocycles. The van der Waals surface area contributed by atoms with E-state index in [0.717, 1.165) is 31.5 Å². The van der Waals surface area contributed by atoms with Crippen molar-refractivity contribution >= 4 is 60.7 Å². The molecule has 0 unspecified atom stereocenters. The summed E-state index contributed by atoms with van der Waals surface area (Å²) in [5.41, 5.74) is 2.90. The zero-order valence-electron chi connectivity index (χ0n) is 13.6. The minimum atomic E-state index is 0.430. The molecule has 0 radical (unpaired) electrons. The van der Waals surface area contributed by atoms with Crippen molar-refractivity contribution in [3.63, 3.8) is 0 Å². The topological polar surface area (TPSA) is 21.3 Å². The van der Waals surface area contributed by atoms with Gasteiger partial charge in [0.2, 0.25) is 0 Å². The Kier molecular flexibility index (Phi) is 6.87. The summed E-state index contributed by atoms with van der Waals surface area (Å²) in [6.07, 6.45) is 0. The highest BCUT2D eigenvalue weighted by molar-refractivity contribution is 9.11. The second-order valence-electron chi connectivity index (χ2n) is 5.63. The van der Waals surface area contributed by atoms with Gasteiger partial charge in [-0.1, -0.05) is 63.4 Å². The fourth-order valence-electron chi connectivity index (χ4n) is 2.48. The molecule has 0 aliphatic rings. The van der Waals surface area contributed by atoms with Gasteiger partial charge in [-0.25, -0.2) is 0 Å². The molecule has 1 N–H and O–H groups in total. The number of hydrogen-bond donors (Lipinski definition) is 1. The molecule has 0 aromatic heterocycles. The molecule has 26 heavy (non-hydrogen) atoms. The SMILES string of the molecule is Clc1cccc(COc2c(Br)cc(Br)cc2CNc2ccccc2Cl)c1. The molecule has 2 nitrogen and oxygen atoms in total. The summed E-state index contributed by atoms with van der Waals surface area (Å²) >= 11 is 19.4. The number of anilines is 1. The maximum Gasteiger partial charge on any atom is 0.139 e. The van der Waals surface area contributed by atoms with Crippen LogP contribution in [0, 0.1) is 0 Å². The highest BCUT2D eigenvalue weighted by atomic mass is 79.9. The van der Waals surface area contributed by atoms with Crippen molar-refractivity contribution in [1.29, 1.82) is 0 Å². The Morgan fingerprint density at radius 2 is 1.73 bits per heavy atom. The summed E-state index contributed by atoms with van der Waals surface area (Å²) in [4.78, 5) is 0. The fourth-order valence-corrected chi connectivity index (χ4v) is 4.33. The van der Waals surface area contributed by atoms with Gasteiger partial charge in [0.1, 0.15) is 12.4 Å². The highest BCUT2D eigenvalue weighted by Gasteiger charge is 2.11. The average Bonchev–Trinajstić information content (AvgIpc) is 2.60. The largest absolute Gasteiger partial charge is 0.487 e. The van der Waals surface area contributed by atoms with Crippen molar-refractivity contribution in [3.8, 4) is 5.75 Å². The van der Waals surface area contributed by atoms with Crippen LogP contribution in [0.25, 0.3) is 0 Å². The van der Waals surface area contributed by atoms with Crippen molar-refractivity contribution in [1.82, 2.24) is 0 Å². The molecule has 0 aliphatic heterocycles. The molecule has 134 valence electrons. The first-order chi connectivity index (χ1) is 12.5. The first kappa shape index (κ1) is 19.6. The molecule has 0 heterocycles. The summed E-state index contributed by atoms with van der Waals surface area (Å²) in [5.74, 6) is 0.785. The summed E-state index contributed by atoms with van der Waals surface area (Å²) in [5, 5.41) is 4.74. The van der Waals surface area contributed by atoms with Crippen LogP contribution in [-0.4, -0.2) is 0 Å². The molecular formula is C20H15Br2Cl2NO. The number of ether oxygens (including phenoxy) is 1. The van der Waals surface area contributed by atoms with Crippen LogP contribution in [0.15, 0.2) is 69.6 Å². The Hall–Kier alpha value is -1.20. The molecule has 3 rings (SSSR count). The van der Waals surface area contributed by atoms with Gasteiger partial charge in [0.25, 0.3) is 0 Å². The van der Waals surface area contributed by atoms with Crippen LogP contribution < -0.4 is 10.1 Å². The second kappa shape index (κ2) is 9.14. The normalized spacial score (nSPS) is 10.6. The van der Waals surface area contributed by atoms with Gasteiger partial charge in [-0.3, -0.25) is 0 Å². The summed E-state index contributed by atoms with van der Waals surface area (Å²) in [7, 11) is 0. The summed E-state index contributed by atoms with van der Waals surface area (Å²) in [6, 6.07) is 19.3. The Balaban J connectivity index is 1.79. The van der Waals surface area contributed by atoms with Gasteiger partial charge >= 0.3 is 0 Å². The molecule has 3 aromatic rings. The molecular weight excluding hydrogens is 501 g/mol. The van der Waals surface area contributed by atoms with Gasteiger partial charge in [0.15, 0.2) is 0 Å².